The summed E-state index contributed by atoms with van der Waals surface area (Å²) in [6, 6.07) is 0. The Labute approximate surface area is 112 Å². The molecule has 2 rings (SSSR count). The predicted octanol–water partition coefficient (Wildman–Crippen LogP) is 1.94. The number of aromatic nitrogens is 3. The van der Waals surface area contributed by atoms with E-state index in [4.69, 9.17) is 21.7 Å². The summed E-state index contributed by atoms with van der Waals surface area (Å²) in [5, 5.41) is 7.18. The van der Waals surface area contributed by atoms with Gasteiger partial charge < -0.3 is 14.0 Å². The van der Waals surface area contributed by atoms with Crippen LogP contribution in [0.5, 0.6) is 0 Å². The van der Waals surface area contributed by atoms with E-state index in [1.165, 1.54) is 0 Å². The Balaban J connectivity index is 1.88. The van der Waals surface area contributed by atoms with Crippen LogP contribution in [0, 0.1) is 10.7 Å². The van der Waals surface area contributed by atoms with Crippen LogP contribution in [0.15, 0.2) is 0 Å². The van der Waals surface area contributed by atoms with Crippen molar-refractivity contribution in [3.63, 3.8) is 0 Å². The molecule has 0 spiro atoms. The van der Waals surface area contributed by atoms with Gasteiger partial charge in [0.15, 0.2) is 4.77 Å². The smallest absolute Gasteiger partial charge is 0.195 e. The molecule has 6 heteroatoms. The molecule has 0 aliphatic heterocycles. The first-order valence-corrected chi connectivity index (χ1v) is 6.90. The van der Waals surface area contributed by atoms with Crippen molar-refractivity contribution in [1.82, 2.24) is 14.8 Å². The molecule has 0 atom stereocenters. The molecule has 0 amide bonds. The molecule has 0 radical (unpaired) electrons. The number of rotatable bonds is 7. The lowest BCUT2D eigenvalue weighted by Crippen LogP contribution is -2.33. The summed E-state index contributed by atoms with van der Waals surface area (Å²) in [6.45, 7) is 4.28. The van der Waals surface area contributed by atoms with Gasteiger partial charge in [-0.1, -0.05) is 0 Å². The number of hydrogen-bond acceptors (Lipinski definition) is 4. The fourth-order valence-electron chi connectivity index (χ4n) is 2.39. The van der Waals surface area contributed by atoms with Gasteiger partial charge in [0.25, 0.3) is 0 Å². The van der Waals surface area contributed by atoms with Gasteiger partial charge in [-0.25, -0.2) is 0 Å². The fourth-order valence-corrected chi connectivity index (χ4v) is 2.63. The van der Waals surface area contributed by atoms with Crippen LogP contribution in [0.25, 0.3) is 0 Å². The van der Waals surface area contributed by atoms with E-state index >= 15 is 0 Å². The van der Waals surface area contributed by atoms with E-state index in [1.54, 1.807) is 7.11 Å². The minimum Gasteiger partial charge on any atom is -0.383 e. The summed E-state index contributed by atoms with van der Waals surface area (Å²) < 4.78 is 13.4. The molecule has 1 aromatic heterocycles. The van der Waals surface area contributed by atoms with Gasteiger partial charge in [-0.3, -0.25) is 5.10 Å². The molecule has 1 N–H and O–H groups in total. The molecule has 102 valence electrons. The van der Waals surface area contributed by atoms with Crippen LogP contribution in [0.4, 0.5) is 0 Å². The largest absolute Gasteiger partial charge is 0.383 e. The second kappa shape index (κ2) is 6.45. The van der Waals surface area contributed by atoms with Crippen molar-refractivity contribution in [3.05, 3.63) is 10.6 Å². The van der Waals surface area contributed by atoms with Crippen molar-refractivity contribution >= 4 is 12.2 Å². The Kier molecular flexibility index (Phi) is 4.91. The zero-order valence-electron chi connectivity index (χ0n) is 11.0. The number of H-pyrrole nitrogens is 1. The number of nitrogens with zero attached hydrogens (tertiary/aromatic N) is 2. The molecule has 1 fully saturated rings. The topological polar surface area (TPSA) is 52.1 Å². The van der Waals surface area contributed by atoms with Crippen LogP contribution in [-0.4, -0.2) is 41.2 Å². The molecule has 0 unspecified atom stereocenters. The number of hydrogen-bond donors (Lipinski definition) is 1. The van der Waals surface area contributed by atoms with Crippen LogP contribution in [0.2, 0.25) is 0 Å². The van der Waals surface area contributed by atoms with Gasteiger partial charge in [-0.05, 0) is 37.9 Å². The number of methoxy groups -OCH3 is 1. The van der Waals surface area contributed by atoms with E-state index in [0.717, 1.165) is 38.2 Å². The van der Waals surface area contributed by atoms with Crippen LogP contribution >= 0.6 is 12.2 Å². The van der Waals surface area contributed by atoms with Gasteiger partial charge in [-0.2, -0.15) is 5.10 Å². The van der Waals surface area contributed by atoms with E-state index in [9.17, 15) is 0 Å². The standard InChI is InChI=1S/C12H21N3O2S/c1-3-17-10-6-9(7-10)8-11-13-14-12(18)15(11)4-5-16-2/h9-10H,3-8H2,1-2H3,(H,14,18). The molecule has 1 aromatic rings. The lowest BCUT2D eigenvalue weighted by molar-refractivity contribution is -0.0248. The SMILES string of the molecule is CCOC1CC(Cc2n[nH]c(=S)n2CCOC)C1. The molecule has 18 heavy (non-hydrogen) atoms. The van der Waals surface area contributed by atoms with Gasteiger partial charge in [-0.15, -0.1) is 0 Å². The minimum atomic E-state index is 0.453. The quantitative estimate of drug-likeness (QED) is 0.770. The summed E-state index contributed by atoms with van der Waals surface area (Å²) in [5.74, 6) is 1.71. The average molecular weight is 271 g/mol. The van der Waals surface area contributed by atoms with Crippen LogP contribution in [-0.2, 0) is 22.4 Å². The van der Waals surface area contributed by atoms with Crippen molar-refractivity contribution < 1.29 is 9.47 Å². The third-order valence-corrected chi connectivity index (χ3v) is 3.73. The normalized spacial score (nSPS) is 23.0. The summed E-state index contributed by atoms with van der Waals surface area (Å²) in [6.07, 6.45) is 3.70. The van der Waals surface area contributed by atoms with E-state index in [0.29, 0.717) is 23.4 Å². The van der Waals surface area contributed by atoms with Crippen molar-refractivity contribution in [3.8, 4) is 0 Å². The first-order chi connectivity index (χ1) is 8.74. The van der Waals surface area contributed by atoms with Crippen molar-refractivity contribution in [2.45, 2.75) is 38.8 Å². The molecule has 1 aliphatic carbocycles. The lowest BCUT2D eigenvalue weighted by atomic mass is 9.80. The predicted molar refractivity (Wildman–Crippen MR) is 71.1 cm³/mol. The average Bonchev–Trinajstić information content (AvgIpc) is 2.65. The number of ether oxygens (including phenoxy) is 2. The molecular weight excluding hydrogens is 250 g/mol. The highest BCUT2D eigenvalue weighted by molar-refractivity contribution is 7.71. The molecule has 1 saturated carbocycles. The minimum absolute atomic E-state index is 0.453. The first-order valence-electron chi connectivity index (χ1n) is 6.49. The number of aromatic amines is 1. The van der Waals surface area contributed by atoms with E-state index in [2.05, 4.69) is 10.2 Å². The van der Waals surface area contributed by atoms with Crippen LogP contribution in [0.1, 0.15) is 25.6 Å². The lowest BCUT2D eigenvalue weighted by Gasteiger charge is -2.34. The van der Waals surface area contributed by atoms with Crippen molar-refractivity contribution in [2.75, 3.05) is 20.3 Å². The van der Waals surface area contributed by atoms with E-state index < -0.39 is 0 Å². The van der Waals surface area contributed by atoms with Gasteiger partial charge in [0.05, 0.1) is 12.7 Å². The number of nitrogens with one attached hydrogen (secondary N) is 1. The van der Waals surface area contributed by atoms with E-state index in [-0.39, 0.29) is 0 Å². The van der Waals surface area contributed by atoms with Crippen molar-refractivity contribution in [1.29, 1.82) is 0 Å². The summed E-state index contributed by atoms with van der Waals surface area (Å²) in [7, 11) is 1.70. The maximum atomic E-state index is 5.57. The second-order valence-corrected chi connectivity index (χ2v) is 5.10. The maximum absolute atomic E-state index is 5.57. The highest BCUT2D eigenvalue weighted by Gasteiger charge is 2.30. The Hall–Kier alpha value is -0.720. The summed E-state index contributed by atoms with van der Waals surface area (Å²) in [5.41, 5.74) is 0. The maximum Gasteiger partial charge on any atom is 0.195 e. The molecule has 5 nitrogen and oxygen atoms in total. The third-order valence-electron chi connectivity index (χ3n) is 3.42. The zero-order chi connectivity index (χ0) is 13.0. The van der Waals surface area contributed by atoms with Crippen molar-refractivity contribution in [2.24, 2.45) is 5.92 Å². The highest BCUT2D eigenvalue weighted by atomic mass is 32.1. The Morgan fingerprint density at radius 2 is 2.28 bits per heavy atom. The molecule has 1 heterocycles. The molecule has 0 saturated heterocycles. The molecular formula is C12H21N3O2S. The summed E-state index contributed by atoms with van der Waals surface area (Å²) in [4.78, 5) is 0. The third kappa shape index (κ3) is 3.18. The Bertz CT molecular complexity index is 423. The highest BCUT2D eigenvalue weighted by Crippen LogP contribution is 2.32. The van der Waals surface area contributed by atoms with Gasteiger partial charge >= 0.3 is 0 Å². The first kappa shape index (κ1) is 13.7. The monoisotopic (exact) mass is 271 g/mol. The van der Waals surface area contributed by atoms with E-state index in [1.807, 2.05) is 11.5 Å². The Morgan fingerprint density at radius 3 is 2.94 bits per heavy atom. The molecule has 0 aromatic carbocycles. The van der Waals surface area contributed by atoms with Crippen LogP contribution < -0.4 is 0 Å². The molecule has 0 bridgehead atoms. The van der Waals surface area contributed by atoms with Crippen LogP contribution in [0.3, 0.4) is 0 Å². The van der Waals surface area contributed by atoms with Gasteiger partial charge in [0, 0.05) is 26.7 Å². The fraction of sp³-hybridized carbons (Fsp3) is 0.833. The Morgan fingerprint density at radius 1 is 1.50 bits per heavy atom. The summed E-state index contributed by atoms with van der Waals surface area (Å²) >= 11 is 5.22. The zero-order valence-corrected chi connectivity index (χ0v) is 11.8. The van der Waals surface area contributed by atoms with Gasteiger partial charge in [0.2, 0.25) is 0 Å². The van der Waals surface area contributed by atoms with Gasteiger partial charge in [0.1, 0.15) is 5.82 Å². The molecule has 1 aliphatic rings. The second-order valence-electron chi connectivity index (χ2n) is 4.71.